The van der Waals surface area contributed by atoms with Gasteiger partial charge in [0.15, 0.2) is 0 Å². The molecule has 1 aromatic rings. The zero-order valence-corrected chi connectivity index (χ0v) is 11.6. The molecule has 0 spiro atoms. The quantitative estimate of drug-likeness (QED) is 0.697. The van der Waals surface area contributed by atoms with Crippen LogP contribution in [0.15, 0.2) is 24.3 Å². The van der Waals surface area contributed by atoms with E-state index in [1.54, 1.807) is 6.92 Å². The number of carboxylic acids is 1. The van der Waals surface area contributed by atoms with Gasteiger partial charge in [-0.25, -0.2) is 4.39 Å². The van der Waals surface area contributed by atoms with Gasteiger partial charge in [-0.15, -0.1) is 0 Å². The molecule has 0 radical (unpaired) electrons. The Hall–Kier alpha value is -2.44. The fourth-order valence-electron chi connectivity index (χ4n) is 1.64. The first-order chi connectivity index (χ1) is 9.90. The normalized spacial score (nSPS) is 11.5. The third-order valence-corrected chi connectivity index (χ3v) is 2.73. The Bertz CT molecular complexity index is 533. The van der Waals surface area contributed by atoms with E-state index < -0.39 is 23.6 Å². The summed E-state index contributed by atoms with van der Waals surface area (Å²) < 4.78 is 13.3. The first-order valence-corrected chi connectivity index (χ1v) is 6.44. The molecule has 0 heterocycles. The average Bonchev–Trinajstić information content (AvgIpc) is 2.43. The van der Waals surface area contributed by atoms with Gasteiger partial charge in [0.1, 0.15) is 5.82 Å². The Morgan fingerprint density at radius 3 is 2.57 bits per heavy atom. The summed E-state index contributed by atoms with van der Waals surface area (Å²) in [7, 11) is 0. The Morgan fingerprint density at radius 2 is 1.95 bits per heavy atom. The van der Waals surface area contributed by atoms with Crippen molar-refractivity contribution in [3.63, 3.8) is 0 Å². The number of carbonyl (C=O) groups excluding carboxylic acids is 2. The van der Waals surface area contributed by atoms with E-state index in [1.807, 2.05) is 0 Å². The molecule has 21 heavy (non-hydrogen) atoms. The first kappa shape index (κ1) is 16.6. The minimum atomic E-state index is -0.941. The van der Waals surface area contributed by atoms with Crippen molar-refractivity contribution in [1.29, 1.82) is 0 Å². The fraction of sp³-hybridized carbons (Fsp3) is 0.357. The fourth-order valence-corrected chi connectivity index (χ4v) is 1.64. The standard InChI is InChI=1S/C14H17FN2O4/c1-9(6-7-13(19)20)17-12(18)8-16-14(21)10-4-2-3-5-11(10)15/h2-5,9H,6-8H2,1H3,(H,16,21)(H,17,18)(H,19,20). The molecule has 7 heteroatoms. The van der Waals surface area contributed by atoms with Gasteiger partial charge in [-0.2, -0.15) is 0 Å². The predicted molar refractivity (Wildman–Crippen MR) is 73.2 cm³/mol. The van der Waals surface area contributed by atoms with Crippen LogP contribution in [0.5, 0.6) is 0 Å². The van der Waals surface area contributed by atoms with Crippen LogP contribution in [0.3, 0.4) is 0 Å². The van der Waals surface area contributed by atoms with Crippen LogP contribution in [-0.2, 0) is 9.59 Å². The Labute approximate surface area is 121 Å². The van der Waals surface area contributed by atoms with E-state index in [1.165, 1.54) is 18.2 Å². The molecule has 0 bridgehead atoms. The molecule has 0 saturated heterocycles. The molecule has 0 aromatic heterocycles. The lowest BCUT2D eigenvalue weighted by molar-refractivity contribution is -0.137. The van der Waals surface area contributed by atoms with Crippen molar-refractivity contribution < 1.29 is 23.9 Å². The van der Waals surface area contributed by atoms with Crippen LogP contribution in [-0.4, -0.2) is 35.5 Å². The van der Waals surface area contributed by atoms with Crippen molar-refractivity contribution in [2.75, 3.05) is 6.54 Å². The van der Waals surface area contributed by atoms with Crippen molar-refractivity contribution in [3.05, 3.63) is 35.6 Å². The minimum absolute atomic E-state index is 0.0525. The second-order valence-corrected chi connectivity index (χ2v) is 4.56. The molecule has 1 rings (SSSR count). The molecule has 6 nitrogen and oxygen atoms in total. The van der Waals surface area contributed by atoms with E-state index in [0.29, 0.717) is 6.42 Å². The van der Waals surface area contributed by atoms with Gasteiger partial charge in [0.25, 0.3) is 5.91 Å². The average molecular weight is 296 g/mol. The summed E-state index contributed by atoms with van der Waals surface area (Å²) in [6.07, 6.45) is 0.241. The molecule has 0 aliphatic heterocycles. The molecule has 1 unspecified atom stereocenters. The number of halogens is 1. The summed E-state index contributed by atoms with van der Waals surface area (Å²) in [6.45, 7) is 1.37. The third kappa shape index (κ3) is 6.03. The summed E-state index contributed by atoms with van der Waals surface area (Å²) in [5.74, 6) is -2.74. The number of rotatable bonds is 7. The molecule has 114 valence electrons. The van der Waals surface area contributed by atoms with Crippen molar-refractivity contribution in [2.45, 2.75) is 25.8 Å². The topological polar surface area (TPSA) is 95.5 Å². The monoisotopic (exact) mass is 296 g/mol. The lowest BCUT2D eigenvalue weighted by Crippen LogP contribution is -2.41. The molecular weight excluding hydrogens is 279 g/mol. The van der Waals surface area contributed by atoms with Crippen molar-refractivity contribution in [1.82, 2.24) is 10.6 Å². The number of benzene rings is 1. The van der Waals surface area contributed by atoms with Gasteiger partial charge in [-0.1, -0.05) is 12.1 Å². The number of amides is 2. The largest absolute Gasteiger partial charge is 0.481 e. The van der Waals surface area contributed by atoms with Crippen LogP contribution in [0.4, 0.5) is 4.39 Å². The van der Waals surface area contributed by atoms with Crippen LogP contribution in [0.1, 0.15) is 30.1 Å². The van der Waals surface area contributed by atoms with Gasteiger partial charge in [0, 0.05) is 12.5 Å². The zero-order chi connectivity index (χ0) is 15.8. The highest BCUT2D eigenvalue weighted by molar-refractivity contribution is 5.96. The first-order valence-electron chi connectivity index (χ1n) is 6.44. The molecule has 0 aliphatic rings. The molecule has 0 saturated carbocycles. The van der Waals surface area contributed by atoms with E-state index in [4.69, 9.17) is 5.11 Å². The lowest BCUT2D eigenvalue weighted by atomic mass is 10.2. The molecule has 0 fully saturated rings. The van der Waals surface area contributed by atoms with Crippen LogP contribution in [0.25, 0.3) is 0 Å². The molecule has 0 aliphatic carbocycles. The maximum atomic E-state index is 13.3. The van der Waals surface area contributed by atoms with E-state index in [2.05, 4.69) is 10.6 Å². The van der Waals surface area contributed by atoms with Crippen molar-refractivity contribution >= 4 is 17.8 Å². The maximum absolute atomic E-state index is 13.3. The maximum Gasteiger partial charge on any atom is 0.303 e. The SMILES string of the molecule is CC(CCC(=O)O)NC(=O)CNC(=O)c1ccccc1F. The highest BCUT2D eigenvalue weighted by Crippen LogP contribution is 2.05. The summed E-state index contributed by atoms with van der Waals surface area (Å²) in [5, 5.41) is 13.4. The number of hydrogen-bond donors (Lipinski definition) is 3. The number of carboxylic acid groups (broad SMARTS) is 1. The van der Waals surface area contributed by atoms with Gasteiger partial charge in [-0.05, 0) is 25.5 Å². The Balaban J connectivity index is 2.38. The molecular formula is C14H17FN2O4. The van der Waals surface area contributed by atoms with E-state index in [9.17, 15) is 18.8 Å². The number of hydrogen-bond acceptors (Lipinski definition) is 3. The highest BCUT2D eigenvalue weighted by atomic mass is 19.1. The number of nitrogens with one attached hydrogen (secondary N) is 2. The molecule has 2 amide bonds. The van der Waals surface area contributed by atoms with Gasteiger partial charge in [-0.3, -0.25) is 14.4 Å². The number of aliphatic carboxylic acids is 1. The van der Waals surface area contributed by atoms with Crippen molar-refractivity contribution in [2.24, 2.45) is 0 Å². The van der Waals surface area contributed by atoms with Crippen LogP contribution < -0.4 is 10.6 Å². The second-order valence-electron chi connectivity index (χ2n) is 4.56. The van der Waals surface area contributed by atoms with Gasteiger partial charge in [0.05, 0.1) is 12.1 Å². The molecule has 1 aromatic carbocycles. The Morgan fingerprint density at radius 1 is 1.29 bits per heavy atom. The summed E-state index contributed by atoms with van der Waals surface area (Å²) in [6, 6.07) is 5.13. The zero-order valence-electron chi connectivity index (χ0n) is 11.6. The van der Waals surface area contributed by atoms with Crippen LogP contribution in [0.2, 0.25) is 0 Å². The van der Waals surface area contributed by atoms with Gasteiger partial charge < -0.3 is 15.7 Å². The summed E-state index contributed by atoms with van der Waals surface area (Å²) >= 11 is 0. The smallest absolute Gasteiger partial charge is 0.303 e. The Kier molecular flexibility index (Phi) is 6.32. The van der Waals surface area contributed by atoms with E-state index in [0.717, 1.165) is 6.07 Å². The summed E-state index contributed by atoms with van der Waals surface area (Å²) in [4.78, 5) is 33.6. The minimum Gasteiger partial charge on any atom is -0.481 e. The lowest BCUT2D eigenvalue weighted by Gasteiger charge is -2.13. The second kappa shape index (κ2) is 7.98. The van der Waals surface area contributed by atoms with Gasteiger partial charge >= 0.3 is 5.97 Å². The van der Waals surface area contributed by atoms with E-state index in [-0.39, 0.29) is 24.6 Å². The summed E-state index contributed by atoms with van der Waals surface area (Å²) in [5.41, 5.74) is -0.135. The van der Waals surface area contributed by atoms with Gasteiger partial charge in [0.2, 0.25) is 5.91 Å². The molecule has 1 atom stereocenters. The number of carbonyl (C=O) groups is 3. The molecule has 3 N–H and O–H groups in total. The van der Waals surface area contributed by atoms with Crippen molar-refractivity contribution in [3.8, 4) is 0 Å². The third-order valence-electron chi connectivity index (χ3n) is 2.73. The van der Waals surface area contributed by atoms with Crippen LogP contribution >= 0.6 is 0 Å². The predicted octanol–water partition coefficient (Wildman–Crippen LogP) is 0.925. The van der Waals surface area contributed by atoms with Crippen LogP contribution in [0, 0.1) is 5.82 Å². The highest BCUT2D eigenvalue weighted by Gasteiger charge is 2.13. The van der Waals surface area contributed by atoms with E-state index >= 15 is 0 Å².